The lowest BCUT2D eigenvalue weighted by molar-refractivity contribution is -0.116. The number of carbonyl (C=O) groups excluding carboxylic acids is 1. The minimum Gasteiger partial charge on any atom is -0.497 e. The zero-order valence-electron chi connectivity index (χ0n) is 13.0. The molecule has 0 saturated carbocycles. The van der Waals surface area contributed by atoms with Crippen molar-refractivity contribution < 1.29 is 14.3 Å². The highest BCUT2D eigenvalue weighted by Crippen LogP contribution is 2.25. The van der Waals surface area contributed by atoms with E-state index in [2.05, 4.69) is 17.4 Å². The smallest absolute Gasteiger partial charge is 0.224 e. The lowest BCUT2D eigenvalue weighted by Crippen LogP contribution is -2.11. The Bertz CT molecular complexity index is 589. The monoisotopic (exact) mass is 299 g/mol. The van der Waals surface area contributed by atoms with Gasteiger partial charge in [-0.1, -0.05) is 30.3 Å². The van der Waals surface area contributed by atoms with Crippen molar-refractivity contribution in [2.75, 3.05) is 19.5 Å². The van der Waals surface area contributed by atoms with Crippen molar-refractivity contribution in [1.82, 2.24) is 0 Å². The SMILES string of the molecule is COc1cc(NC(=O)CCCc2ccccc2)cc(OC)c1. The van der Waals surface area contributed by atoms with Gasteiger partial charge < -0.3 is 14.8 Å². The van der Waals surface area contributed by atoms with E-state index >= 15 is 0 Å². The van der Waals surface area contributed by atoms with Crippen molar-refractivity contribution >= 4 is 11.6 Å². The van der Waals surface area contributed by atoms with E-state index in [1.807, 2.05) is 18.2 Å². The van der Waals surface area contributed by atoms with Gasteiger partial charge in [-0.15, -0.1) is 0 Å². The first kappa shape index (κ1) is 15.9. The van der Waals surface area contributed by atoms with Crippen LogP contribution in [0, 0.1) is 0 Å². The number of ether oxygens (including phenoxy) is 2. The Kier molecular flexibility index (Phi) is 5.83. The zero-order valence-corrected chi connectivity index (χ0v) is 13.0. The average molecular weight is 299 g/mol. The van der Waals surface area contributed by atoms with Gasteiger partial charge in [0.25, 0.3) is 0 Å². The van der Waals surface area contributed by atoms with Gasteiger partial charge in [-0.05, 0) is 18.4 Å². The summed E-state index contributed by atoms with van der Waals surface area (Å²) in [5, 5.41) is 2.88. The van der Waals surface area contributed by atoms with Gasteiger partial charge in [0, 0.05) is 30.3 Å². The van der Waals surface area contributed by atoms with Crippen LogP contribution in [0.3, 0.4) is 0 Å². The molecular weight excluding hydrogens is 278 g/mol. The van der Waals surface area contributed by atoms with Crippen molar-refractivity contribution in [2.45, 2.75) is 19.3 Å². The molecule has 0 heterocycles. The summed E-state index contributed by atoms with van der Waals surface area (Å²) >= 11 is 0. The number of carbonyl (C=O) groups is 1. The third-order valence-electron chi connectivity index (χ3n) is 3.35. The fourth-order valence-electron chi connectivity index (χ4n) is 2.20. The first-order chi connectivity index (χ1) is 10.7. The zero-order chi connectivity index (χ0) is 15.8. The minimum absolute atomic E-state index is 0.00811. The van der Waals surface area contributed by atoms with Crippen LogP contribution in [0.2, 0.25) is 0 Å². The molecule has 0 atom stereocenters. The predicted molar refractivity (Wildman–Crippen MR) is 87.6 cm³/mol. The number of hydrogen-bond acceptors (Lipinski definition) is 3. The molecule has 4 nitrogen and oxygen atoms in total. The Morgan fingerprint density at radius 1 is 1.00 bits per heavy atom. The number of rotatable bonds is 7. The van der Waals surface area contributed by atoms with E-state index < -0.39 is 0 Å². The Morgan fingerprint density at radius 3 is 2.23 bits per heavy atom. The van der Waals surface area contributed by atoms with Crippen LogP contribution in [-0.4, -0.2) is 20.1 Å². The van der Waals surface area contributed by atoms with Gasteiger partial charge in [0.05, 0.1) is 14.2 Å². The summed E-state index contributed by atoms with van der Waals surface area (Å²) in [5.41, 5.74) is 1.93. The Hall–Kier alpha value is -2.49. The molecule has 4 heteroatoms. The molecule has 0 spiro atoms. The van der Waals surface area contributed by atoms with Crippen LogP contribution in [0.5, 0.6) is 11.5 Å². The third kappa shape index (κ3) is 4.81. The lowest BCUT2D eigenvalue weighted by atomic mass is 10.1. The van der Waals surface area contributed by atoms with Crippen LogP contribution < -0.4 is 14.8 Å². The molecule has 0 aliphatic rings. The largest absolute Gasteiger partial charge is 0.497 e. The van der Waals surface area contributed by atoms with Crippen LogP contribution in [0.1, 0.15) is 18.4 Å². The summed E-state index contributed by atoms with van der Waals surface area (Å²) in [7, 11) is 3.17. The van der Waals surface area contributed by atoms with Crippen molar-refractivity contribution in [2.24, 2.45) is 0 Å². The molecule has 22 heavy (non-hydrogen) atoms. The highest BCUT2D eigenvalue weighted by molar-refractivity contribution is 5.91. The molecule has 0 aromatic heterocycles. The molecule has 2 aromatic carbocycles. The molecule has 0 radical (unpaired) electrons. The quantitative estimate of drug-likeness (QED) is 0.848. The number of aryl methyl sites for hydroxylation is 1. The second-order valence-electron chi connectivity index (χ2n) is 4.99. The van der Waals surface area contributed by atoms with Gasteiger partial charge >= 0.3 is 0 Å². The maximum absolute atomic E-state index is 12.0. The minimum atomic E-state index is -0.00811. The number of benzene rings is 2. The van der Waals surface area contributed by atoms with E-state index in [0.717, 1.165) is 12.8 Å². The highest BCUT2D eigenvalue weighted by Gasteiger charge is 2.06. The van der Waals surface area contributed by atoms with E-state index in [1.165, 1.54) is 5.56 Å². The van der Waals surface area contributed by atoms with E-state index in [-0.39, 0.29) is 5.91 Å². The summed E-state index contributed by atoms with van der Waals surface area (Å²) in [6, 6.07) is 15.5. The van der Waals surface area contributed by atoms with Gasteiger partial charge in [-0.25, -0.2) is 0 Å². The molecular formula is C18H21NO3. The summed E-state index contributed by atoms with van der Waals surface area (Å²) in [5.74, 6) is 1.30. The van der Waals surface area contributed by atoms with Gasteiger partial charge in [-0.3, -0.25) is 4.79 Å². The first-order valence-electron chi connectivity index (χ1n) is 7.28. The van der Waals surface area contributed by atoms with Crippen LogP contribution in [-0.2, 0) is 11.2 Å². The van der Waals surface area contributed by atoms with E-state index in [9.17, 15) is 4.79 Å². The molecule has 0 aliphatic carbocycles. The molecule has 0 bridgehead atoms. The summed E-state index contributed by atoms with van der Waals surface area (Å²) < 4.78 is 10.4. The number of methoxy groups -OCH3 is 2. The standard InChI is InChI=1S/C18H21NO3/c1-21-16-11-15(12-17(13-16)22-2)19-18(20)10-6-9-14-7-4-3-5-8-14/h3-5,7-8,11-13H,6,9-10H2,1-2H3,(H,19,20). The fourth-order valence-corrected chi connectivity index (χ4v) is 2.20. The summed E-state index contributed by atoms with van der Waals surface area (Å²) in [6.45, 7) is 0. The Morgan fingerprint density at radius 2 is 1.64 bits per heavy atom. The van der Waals surface area contributed by atoms with Crippen molar-refractivity contribution in [3.8, 4) is 11.5 Å². The molecule has 0 unspecified atom stereocenters. The lowest BCUT2D eigenvalue weighted by Gasteiger charge is -2.10. The molecule has 0 aliphatic heterocycles. The number of anilines is 1. The second-order valence-corrected chi connectivity index (χ2v) is 4.99. The van der Waals surface area contributed by atoms with Crippen LogP contribution in [0.4, 0.5) is 5.69 Å². The van der Waals surface area contributed by atoms with Gasteiger partial charge in [0.1, 0.15) is 11.5 Å². The molecule has 0 fully saturated rings. The van der Waals surface area contributed by atoms with Crippen molar-refractivity contribution in [3.05, 3.63) is 54.1 Å². The Labute approximate surface area is 131 Å². The number of amides is 1. The van der Waals surface area contributed by atoms with E-state index in [1.54, 1.807) is 32.4 Å². The topological polar surface area (TPSA) is 47.6 Å². The summed E-state index contributed by atoms with van der Waals surface area (Å²) in [4.78, 5) is 12.0. The molecule has 0 saturated heterocycles. The van der Waals surface area contributed by atoms with Gasteiger partial charge in [0.15, 0.2) is 0 Å². The molecule has 2 rings (SSSR count). The molecule has 116 valence electrons. The molecule has 1 amide bonds. The molecule has 2 aromatic rings. The van der Waals surface area contributed by atoms with Gasteiger partial charge in [0.2, 0.25) is 5.91 Å². The van der Waals surface area contributed by atoms with Crippen LogP contribution in [0.15, 0.2) is 48.5 Å². The van der Waals surface area contributed by atoms with Crippen molar-refractivity contribution in [3.63, 3.8) is 0 Å². The van der Waals surface area contributed by atoms with Crippen LogP contribution >= 0.6 is 0 Å². The maximum Gasteiger partial charge on any atom is 0.224 e. The van der Waals surface area contributed by atoms with Crippen LogP contribution in [0.25, 0.3) is 0 Å². The third-order valence-corrected chi connectivity index (χ3v) is 3.35. The van der Waals surface area contributed by atoms with Crippen molar-refractivity contribution in [1.29, 1.82) is 0 Å². The average Bonchev–Trinajstić information content (AvgIpc) is 2.55. The highest BCUT2D eigenvalue weighted by atomic mass is 16.5. The maximum atomic E-state index is 12.0. The summed E-state index contributed by atoms with van der Waals surface area (Å²) in [6.07, 6.45) is 2.20. The number of hydrogen-bond donors (Lipinski definition) is 1. The fraction of sp³-hybridized carbons (Fsp3) is 0.278. The predicted octanol–water partition coefficient (Wildman–Crippen LogP) is 3.67. The number of nitrogens with one attached hydrogen (secondary N) is 1. The molecule has 1 N–H and O–H groups in total. The van der Waals surface area contributed by atoms with Gasteiger partial charge in [-0.2, -0.15) is 0 Å². The first-order valence-corrected chi connectivity index (χ1v) is 7.28. The van der Waals surface area contributed by atoms with E-state index in [0.29, 0.717) is 23.6 Å². The second kappa shape index (κ2) is 8.08. The van der Waals surface area contributed by atoms with E-state index in [4.69, 9.17) is 9.47 Å². The normalized spacial score (nSPS) is 10.1. The Balaban J connectivity index is 1.86.